The number of methoxy groups -OCH3 is 1. The van der Waals surface area contributed by atoms with Gasteiger partial charge in [-0.1, -0.05) is 99.7 Å². The standard InChI is InChI=1S/C22H28O2/c1-3-4-5-6-13-18-22(21(23)24-2,19-14-9-7-10-15-19)20-16-11-8-12-17-20/h7-12,14-17H,3-6,13,18H2,1-2H3. The molecule has 0 bridgehead atoms. The fourth-order valence-electron chi connectivity index (χ4n) is 3.41. The third-order valence-electron chi connectivity index (χ3n) is 4.72. The van der Waals surface area contributed by atoms with Crippen LogP contribution in [-0.2, 0) is 14.9 Å². The van der Waals surface area contributed by atoms with Gasteiger partial charge < -0.3 is 4.74 Å². The molecule has 0 atom stereocenters. The van der Waals surface area contributed by atoms with Crippen LogP contribution in [-0.4, -0.2) is 13.1 Å². The van der Waals surface area contributed by atoms with Crippen LogP contribution < -0.4 is 0 Å². The molecule has 2 rings (SSSR count). The van der Waals surface area contributed by atoms with Gasteiger partial charge in [-0.3, -0.25) is 4.79 Å². The van der Waals surface area contributed by atoms with E-state index >= 15 is 0 Å². The average molecular weight is 324 g/mol. The summed E-state index contributed by atoms with van der Waals surface area (Å²) < 4.78 is 5.26. The molecule has 128 valence electrons. The van der Waals surface area contributed by atoms with Gasteiger partial charge in [0.1, 0.15) is 5.41 Å². The molecular weight excluding hydrogens is 296 g/mol. The fourth-order valence-corrected chi connectivity index (χ4v) is 3.41. The Kier molecular flexibility index (Phi) is 7.05. The predicted molar refractivity (Wildman–Crippen MR) is 99.1 cm³/mol. The normalized spacial score (nSPS) is 11.2. The molecule has 0 unspecified atom stereocenters. The Morgan fingerprint density at radius 3 is 1.79 bits per heavy atom. The van der Waals surface area contributed by atoms with Crippen molar-refractivity contribution < 1.29 is 9.53 Å². The van der Waals surface area contributed by atoms with E-state index in [0.29, 0.717) is 0 Å². The van der Waals surface area contributed by atoms with Crippen LogP contribution in [0.5, 0.6) is 0 Å². The van der Waals surface area contributed by atoms with E-state index in [2.05, 4.69) is 6.92 Å². The van der Waals surface area contributed by atoms with Gasteiger partial charge in [0.25, 0.3) is 0 Å². The Hall–Kier alpha value is -2.09. The maximum Gasteiger partial charge on any atom is 0.320 e. The van der Waals surface area contributed by atoms with Crippen LogP contribution >= 0.6 is 0 Å². The second-order valence-electron chi connectivity index (χ2n) is 6.29. The van der Waals surface area contributed by atoms with Crippen LogP contribution in [0, 0.1) is 0 Å². The number of hydrogen-bond donors (Lipinski definition) is 0. The van der Waals surface area contributed by atoms with Gasteiger partial charge in [0.2, 0.25) is 0 Å². The lowest BCUT2D eigenvalue weighted by Crippen LogP contribution is -2.38. The molecule has 2 nitrogen and oxygen atoms in total. The van der Waals surface area contributed by atoms with E-state index in [9.17, 15) is 4.79 Å². The average Bonchev–Trinajstić information content (AvgIpc) is 2.66. The van der Waals surface area contributed by atoms with Crippen LogP contribution in [0.1, 0.15) is 56.6 Å². The van der Waals surface area contributed by atoms with Crippen LogP contribution in [0.2, 0.25) is 0 Å². The molecule has 0 saturated heterocycles. The highest BCUT2D eigenvalue weighted by Crippen LogP contribution is 2.38. The molecule has 0 saturated carbocycles. The molecule has 24 heavy (non-hydrogen) atoms. The second-order valence-corrected chi connectivity index (χ2v) is 6.29. The van der Waals surface area contributed by atoms with Crippen molar-refractivity contribution in [1.29, 1.82) is 0 Å². The zero-order chi connectivity index (χ0) is 17.3. The minimum Gasteiger partial charge on any atom is -0.468 e. The topological polar surface area (TPSA) is 26.3 Å². The quantitative estimate of drug-likeness (QED) is 0.449. The number of unbranched alkanes of at least 4 members (excludes halogenated alkanes) is 4. The zero-order valence-electron chi connectivity index (χ0n) is 14.8. The Labute approximate surface area is 145 Å². The molecule has 0 N–H and O–H groups in total. The third kappa shape index (κ3) is 4.05. The first-order valence-electron chi connectivity index (χ1n) is 8.95. The maximum atomic E-state index is 12.9. The van der Waals surface area contributed by atoms with Gasteiger partial charge in [-0.2, -0.15) is 0 Å². The Balaban J connectivity index is 2.39. The third-order valence-corrected chi connectivity index (χ3v) is 4.72. The maximum absolute atomic E-state index is 12.9. The summed E-state index contributed by atoms with van der Waals surface area (Å²) in [6.07, 6.45) is 6.63. The van der Waals surface area contributed by atoms with Crippen molar-refractivity contribution in [1.82, 2.24) is 0 Å². The summed E-state index contributed by atoms with van der Waals surface area (Å²) >= 11 is 0. The highest BCUT2D eigenvalue weighted by atomic mass is 16.5. The van der Waals surface area contributed by atoms with Crippen LogP contribution in [0.4, 0.5) is 0 Å². The summed E-state index contributed by atoms with van der Waals surface area (Å²) in [5, 5.41) is 0. The number of hydrogen-bond acceptors (Lipinski definition) is 2. The van der Waals surface area contributed by atoms with E-state index in [-0.39, 0.29) is 5.97 Å². The molecule has 0 aliphatic carbocycles. The summed E-state index contributed by atoms with van der Waals surface area (Å²) in [4.78, 5) is 12.9. The van der Waals surface area contributed by atoms with Crippen LogP contribution in [0.3, 0.4) is 0 Å². The summed E-state index contributed by atoms with van der Waals surface area (Å²) in [7, 11) is 1.49. The number of carbonyl (C=O) groups excluding carboxylic acids is 1. The molecular formula is C22H28O2. The van der Waals surface area contributed by atoms with E-state index in [1.807, 2.05) is 60.7 Å². The molecule has 0 aliphatic rings. The summed E-state index contributed by atoms with van der Waals surface area (Å²) in [6, 6.07) is 20.1. The molecule has 2 aromatic rings. The van der Waals surface area contributed by atoms with E-state index in [4.69, 9.17) is 4.74 Å². The van der Waals surface area contributed by atoms with Crippen LogP contribution in [0.15, 0.2) is 60.7 Å². The molecule has 2 heteroatoms. The molecule has 2 aromatic carbocycles. The summed E-state index contributed by atoms with van der Waals surface area (Å²) in [5.41, 5.74) is 1.31. The second kappa shape index (κ2) is 9.27. The van der Waals surface area contributed by atoms with E-state index < -0.39 is 5.41 Å². The van der Waals surface area contributed by atoms with Gasteiger partial charge >= 0.3 is 5.97 Å². The molecule has 0 aliphatic heterocycles. The number of carbonyl (C=O) groups is 1. The first kappa shape index (κ1) is 18.3. The SMILES string of the molecule is CCCCCCCC(C(=O)OC)(c1ccccc1)c1ccccc1. The van der Waals surface area contributed by atoms with Gasteiger partial charge in [0.15, 0.2) is 0 Å². The number of benzene rings is 2. The smallest absolute Gasteiger partial charge is 0.320 e. The zero-order valence-corrected chi connectivity index (χ0v) is 14.8. The molecule has 0 spiro atoms. The first-order chi connectivity index (χ1) is 11.8. The Bertz CT molecular complexity index is 565. The fraction of sp³-hybridized carbons (Fsp3) is 0.409. The highest BCUT2D eigenvalue weighted by molar-refractivity contribution is 5.87. The number of ether oxygens (including phenoxy) is 1. The van der Waals surface area contributed by atoms with E-state index in [0.717, 1.165) is 30.4 Å². The predicted octanol–water partition coefficient (Wildman–Crippen LogP) is 5.51. The van der Waals surface area contributed by atoms with Crippen molar-refractivity contribution in [3.05, 3.63) is 71.8 Å². The molecule has 0 heterocycles. The van der Waals surface area contributed by atoms with Crippen molar-refractivity contribution >= 4 is 5.97 Å². The molecule has 0 amide bonds. The van der Waals surface area contributed by atoms with Crippen molar-refractivity contribution in [2.45, 2.75) is 50.9 Å². The molecule has 0 radical (unpaired) electrons. The van der Waals surface area contributed by atoms with Gasteiger partial charge in [0, 0.05) is 0 Å². The Morgan fingerprint density at radius 1 is 0.833 bits per heavy atom. The van der Waals surface area contributed by atoms with Crippen molar-refractivity contribution in [3.8, 4) is 0 Å². The monoisotopic (exact) mass is 324 g/mol. The van der Waals surface area contributed by atoms with Gasteiger partial charge in [-0.25, -0.2) is 0 Å². The highest BCUT2D eigenvalue weighted by Gasteiger charge is 2.42. The molecule has 0 aromatic heterocycles. The molecule has 0 fully saturated rings. The lowest BCUT2D eigenvalue weighted by atomic mass is 9.71. The largest absolute Gasteiger partial charge is 0.468 e. The van der Waals surface area contributed by atoms with Gasteiger partial charge in [-0.05, 0) is 17.5 Å². The van der Waals surface area contributed by atoms with E-state index in [1.54, 1.807) is 0 Å². The van der Waals surface area contributed by atoms with Crippen molar-refractivity contribution in [2.75, 3.05) is 7.11 Å². The number of rotatable bonds is 9. The lowest BCUT2D eigenvalue weighted by molar-refractivity contribution is -0.146. The van der Waals surface area contributed by atoms with Gasteiger partial charge in [-0.15, -0.1) is 0 Å². The lowest BCUT2D eigenvalue weighted by Gasteiger charge is -2.32. The summed E-state index contributed by atoms with van der Waals surface area (Å²) in [5.74, 6) is -0.171. The van der Waals surface area contributed by atoms with E-state index in [1.165, 1.54) is 26.4 Å². The number of esters is 1. The van der Waals surface area contributed by atoms with Crippen molar-refractivity contribution in [3.63, 3.8) is 0 Å². The minimum absolute atomic E-state index is 0.171. The van der Waals surface area contributed by atoms with Crippen LogP contribution in [0.25, 0.3) is 0 Å². The first-order valence-corrected chi connectivity index (χ1v) is 8.95. The van der Waals surface area contributed by atoms with Gasteiger partial charge in [0.05, 0.1) is 7.11 Å². The van der Waals surface area contributed by atoms with Crippen molar-refractivity contribution in [2.24, 2.45) is 0 Å². The minimum atomic E-state index is -0.719. The Morgan fingerprint density at radius 2 is 1.33 bits per heavy atom. The summed E-state index contributed by atoms with van der Waals surface area (Å²) in [6.45, 7) is 2.21.